The number of amides is 2. The Morgan fingerprint density at radius 1 is 1.17 bits per heavy atom. The fraction of sp³-hybridized carbons (Fsp3) is 0.579. The third kappa shape index (κ3) is 4.28. The Hall–Kier alpha value is -2.04. The van der Waals surface area contributed by atoms with Crippen molar-refractivity contribution in [1.29, 1.82) is 0 Å². The highest BCUT2D eigenvalue weighted by molar-refractivity contribution is 5.85. The summed E-state index contributed by atoms with van der Waals surface area (Å²) in [4.78, 5) is 28.3. The van der Waals surface area contributed by atoms with E-state index in [0.717, 1.165) is 38.8 Å². The van der Waals surface area contributed by atoms with E-state index in [-0.39, 0.29) is 24.4 Å². The SMILES string of the molecule is Cc1ccc(N2CCC(NC(=O)CN3CCCCCC3=O)C2)cc1. The number of carbonyl (C=O) groups is 2. The number of benzene rings is 1. The zero-order valence-corrected chi connectivity index (χ0v) is 14.5. The van der Waals surface area contributed by atoms with E-state index in [2.05, 4.69) is 41.4 Å². The van der Waals surface area contributed by atoms with Crippen LogP contribution in [-0.2, 0) is 9.59 Å². The smallest absolute Gasteiger partial charge is 0.239 e. The minimum absolute atomic E-state index is 0.0268. The van der Waals surface area contributed by atoms with Crippen LogP contribution in [0, 0.1) is 6.92 Å². The van der Waals surface area contributed by atoms with Gasteiger partial charge in [-0.15, -0.1) is 0 Å². The van der Waals surface area contributed by atoms with Crippen molar-refractivity contribution in [2.45, 2.75) is 45.1 Å². The van der Waals surface area contributed by atoms with Crippen molar-refractivity contribution in [2.75, 3.05) is 31.1 Å². The molecule has 1 aromatic rings. The molecule has 1 unspecified atom stereocenters. The van der Waals surface area contributed by atoms with Crippen LogP contribution in [0.4, 0.5) is 5.69 Å². The first-order valence-electron chi connectivity index (χ1n) is 9.00. The monoisotopic (exact) mass is 329 g/mol. The molecule has 0 spiro atoms. The maximum atomic E-state index is 12.3. The second-order valence-electron chi connectivity index (χ2n) is 6.96. The van der Waals surface area contributed by atoms with Gasteiger partial charge in [0.25, 0.3) is 0 Å². The molecule has 2 fully saturated rings. The number of carbonyl (C=O) groups excluding carboxylic acids is 2. The summed E-state index contributed by atoms with van der Waals surface area (Å²) >= 11 is 0. The number of aryl methyl sites for hydroxylation is 1. The van der Waals surface area contributed by atoms with Gasteiger partial charge in [0.15, 0.2) is 0 Å². The lowest BCUT2D eigenvalue weighted by atomic mass is 10.2. The van der Waals surface area contributed by atoms with Crippen molar-refractivity contribution in [3.05, 3.63) is 29.8 Å². The topological polar surface area (TPSA) is 52.7 Å². The molecule has 2 aliphatic rings. The zero-order chi connectivity index (χ0) is 16.9. The van der Waals surface area contributed by atoms with Crippen molar-refractivity contribution >= 4 is 17.5 Å². The van der Waals surface area contributed by atoms with E-state index in [1.54, 1.807) is 4.90 Å². The minimum Gasteiger partial charge on any atom is -0.369 e. The quantitative estimate of drug-likeness (QED) is 0.920. The molecule has 5 heteroatoms. The van der Waals surface area contributed by atoms with Crippen molar-refractivity contribution < 1.29 is 9.59 Å². The average Bonchev–Trinajstić information content (AvgIpc) is 2.93. The Labute approximate surface area is 144 Å². The molecule has 0 saturated carbocycles. The van der Waals surface area contributed by atoms with Crippen LogP contribution in [-0.4, -0.2) is 48.9 Å². The summed E-state index contributed by atoms with van der Waals surface area (Å²) in [6, 6.07) is 8.67. The van der Waals surface area contributed by atoms with Crippen LogP contribution in [0.5, 0.6) is 0 Å². The van der Waals surface area contributed by atoms with E-state index in [1.165, 1.54) is 11.3 Å². The molecule has 1 N–H and O–H groups in total. The molecule has 0 radical (unpaired) electrons. The van der Waals surface area contributed by atoms with Crippen LogP contribution in [0.1, 0.15) is 37.7 Å². The molecule has 2 heterocycles. The fourth-order valence-corrected chi connectivity index (χ4v) is 3.52. The van der Waals surface area contributed by atoms with Gasteiger partial charge in [-0.2, -0.15) is 0 Å². The molecule has 0 aromatic heterocycles. The van der Waals surface area contributed by atoms with Gasteiger partial charge in [-0.05, 0) is 38.3 Å². The molecule has 130 valence electrons. The number of nitrogens with one attached hydrogen (secondary N) is 1. The number of anilines is 1. The van der Waals surface area contributed by atoms with Crippen LogP contribution in [0.3, 0.4) is 0 Å². The molecule has 2 amide bonds. The fourth-order valence-electron chi connectivity index (χ4n) is 3.52. The van der Waals surface area contributed by atoms with E-state index < -0.39 is 0 Å². The minimum atomic E-state index is -0.0268. The predicted molar refractivity (Wildman–Crippen MR) is 95.0 cm³/mol. The Morgan fingerprint density at radius 2 is 1.96 bits per heavy atom. The van der Waals surface area contributed by atoms with E-state index in [9.17, 15) is 9.59 Å². The maximum Gasteiger partial charge on any atom is 0.239 e. The van der Waals surface area contributed by atoms with Gasteiger partial charge < -0.3 is 15.1 Å². The lowest BCUT2D eigenvalue weighted by molar-refractivity contribution is -0.135. The first-order chi connectivity index (χ1) is 11.6. The van der Waals surface area contributed by atoms with Crippen LogP contribution in [0.15, 0.2) is 24.3 Å². The second-order valence-corrected chi connectivity index (χ2v) is 6.96. The largest absolute Gasteiger partial charge is 0.369 e. The highest BCUT2D eigenvalue weighted by Crippen LogP contribution is 2.20. The Bertz CT molecular complexity index is 585. The van der Waals surface area contributed by atoms with Gasteiger partial charge in [0, 0.05) is 37.8 Å². The molecule has 1 aromatic carbocycles. The highest BCUT2D eigenvalue weighted by Gasteiger charge is 2.25. The van der Waals surface area contributed by atoms with Crippen molar-refractivity contribution in [3.63, 3.8) is 0 Å². The highest BCUT2D eigenvalue weighted by atomic mass is 16.2. The summed E-state index contributed by atoms with van der Waals surface area (Å²) in [5.74, 6) is 0.0939. The van der Waals surface area contributed by atoms with Gasteiger partial charge in [0.1, 0.15) is 0 Å². The number of likely N-dealkylation sites (tertiary alicyclic amines) is 1. The molecule has 2 aliphatic heterocycles. The molecule has 0 aliphatic carbocycles. The lowest BCUT2D eigenvalue weighted by Gasteiger charge is -2.22. The molecule has 2 saturated heterocycles. The summed E-state index contributed by atoms with van der Waals surface area (Å²) < 4.78 is 0. The molecule has 0 bridgehead atoms. The Balaban J connectivity index is 1.48. The van der Waals surface area contributed by atoms with E-state index in [1.807, 2.05) is 0 Å². The molecular weight excluding hydrogens is 302 g/mol. The van der Waals surface area contributed by atoms with Crippen LogP contribution in [0.25, 0.3) is 0 Å². The zero-order valence-electron chi connectivity index (χ0n) is 14.5. The van der Waals surface area contributed by atoms with Gasteiger partial charge in [-0.3, -0.25) is 9.59 Å². The summed E-state index contributed by atoms with van der Waals surface area (Å²) in [6.45, 7) is 4.80. The number of hydrogen-bond acceptors (Lipinski definition) is 3. The second kappa shape index (κ2) is 7.69. The maximum absolute atomic E-state index is 12.3. The van der Waals surface area contributed by atoms with Gasteiger partial charge in [-0.1, -0.05) is 24.1 Å². The van der Waals surface area contributed by atoms with Crippen molar-refractivity contribution in [1.82, 2.24) is 10.2 Å². The predicted octanol–water partition coefficient (Wildman–Crippen LogP) is 2.09. The number of rotatable bonds is 4. The summed E-state index contributed by atoms with van der Waals surface area (Å²) in [5.41, 5.74) is 2.46. The van der Waals surface area contributed by atoms with Crippen molar-refractivity contribution in [2.24, 2.45) is 0 Å². The van der Waals surface area contributed by atoms with Gasteiger partial charge in [0.05, 0.1) is 6.54 Å². The lowest BCUT2D eigenvalue weighted by Crippen LogP contribution is -2.45. The third-order valence-corrected chi connectivity index (χ3v) is 4.96. The summed E-state index contributed by atoms with van der Waals surface area (Å²) in [6.07, 6.45) is 4.57. The van der Waals surface area contributed by atoms with Crippen LogP contribution >= 0.6 is 0 Å². The number of nitrogens with zero attached hydrogens (tertiary/aromatic N) is 2. The van der Waals surface area contributed by atoms with Crippen LogP contribution in [0.2, 0.25) is 0 Å². The molecule has 5 nitrogen and oxygen atoms in total. The van der Waals surface area contributed by atoms with E-state index in [0.29, 0.717) is 13.0 Å². The van der Waals surface area contributed by atoms with Crippen LogP contribution < -0.4 is 10.2 Å². The first-order valence-corrected chi connectivity index (χ1v) is 9.00. The Morgan fingerprint density at radius 3 is 2.75 bits per heavy atom. The molecule has 24 heavy (non-hydrogen) atoms. The average molecular weight is 329 g/mol. The third-order valence-electron chi connectivity index (χ3n) is 4.96. The normalized spacial score (nSPS) is 21.7. The summed E-state index contributed by atoms with van der Waals surface area (Å²) in [7, 11) is 0. The van der Waals surface area contributed by atoms with E-state index in [4.69, 9.17) is 0 Å². The first kappa shape index (κ1) is 16.8. The van der Waals surface area contributed by atoms with Gasteiger partial charge in [-0.25, -0.2) is 0 Å². The molecule has 1 atom stereocenters. The molecular formula is C19H27N3O2. The van der Waals surface area contributed by atoms with Crippen molar-refractivity contribution in [3.8, 4) is 0 Å². The van der Waals surface area contributed by atoms with Gasteiger partial charge >= 0.3 is 0 Å². The van der Waals surface area contributed by atoms with E-state index >= 15 is 0 Å². The standard InChI is InChI=1S/C19H27N3O2/c1-15-6-8-17(9-7-15)21-12-10-16(13-21)20-18(23)14-22-11-4-2-3-5-19(22)24/h6-9,16H,2-5,10-14H2,1H3,(H,20,23). The number of hydrogen-bond donors (Lipinski definition) is 1. The van der Waals surface area contributed by atoms with Gasteiger partial charge in [0.2, 0.25) is 11.8 Å². The summed E-state index contributed by atoms with van der Waals surface area (Å²) in [5, 5.41) is 3.10. The Kier molecular flexibility index (Phi) is 5.38. The molecule has 3 rings (SSSR count).